The van der Waals surface area contributed by atoms with Gasteiger partial charge in [0.05, 0.1) is 12.3 Å². The third-order valence-corrected chi connectivity index (χ3v) is 4.43. The number of esters is 1. The minimum Gasteiger partial charge on any atom is -0.462 e. The normalized spacial score (nSPS) is 14.5. The van der Waals surface area contributed by atoms with E-state index in [4.69, 9.17) is 10.5 Å². The Morgan fingerprint density at radius 3 is 2.65 bits per heavy atom. The second-order valence-corrected chi connectivity index (χ2v) is 5.64. The van der Waals surface area contributed by atoms with Crippen LogP contribution in [-0.2, 0) is 4.74 Å². The van der Waals surface area contributed by atoms with Crippen LogP contribution in [0, 0.1) is 0 Å². The molecule has 0 radical (unpaired) electrons. The molecule has 0 atom stereocenters. The van der Waals surface area contributed by atoms with Crippen molar-refractivity contribution in [3.05, 3.63) is 10.4 Å². The van der Waals surface area contributed by atoms with Gasteiger partial charge in [-0.1, -0.05) is 0 Å². The average Bonchev–Trinajstić information content (AvgIpc) is 2.70. The molecule has 20 heavy (non-hydrogen) atoms. The van der Waals surface area contributed by atoms with Crippen LogP contribution in [0.1, 0.15) is 46.2 Å². The summed E-state index contributed by atoms with van der Waals surface area (Å²) < 4.78 is 5.03. The van der Waals surface area contributed by atoms with Crippen molar-refractivity contribution >= 4 is 33.9 Å². The molecule has 1 amide bonds. The standard InChI is InChI=1S/C13H19N3O3S/c1-3-19-13(18)8-9(14)10(11(17)15-2)20-12(8)16-7-5-4-6-7/h7,16H,3-6,14H2,1-2H3,(H,15,17). The summed E-state index contributed by atoms with van der Waals surface area (Å²) >= 11 is 1.20. The van der Waals surface area contributed by atoms with Gasteiger partial charge >= 0.3 is 5.97 Å². The first-order chi connectivity index (χ1) is 9.58. The summed E-state index contributed by atoms with van der Waals surface area (Å²) in [7, 11) is 1.53. The number of rotatable bonds is 5. The summed E-state index contributed by atoms with van der Waals surface area (Å²) in [6.45, 7) is 2.01. The summed E-state index contributed by atoms with van der Waals surface area (Å²) in [5.41, 5.74) is 6.43. The van der Waals surface area contributed by atoms with Gasteiger partial charge in [-0.15, -0.1) is 11.3 Å². The van der Waals surface area contributed by atoms with Gasteiger partial charge in [-0.05, 0) is 26.2 Å². The fourth-order valence-electron chi connectivity index (χ4n) is 1.97. The number of ether oxygens (including phenoxy) is 1. The van der Waals surface area contributed by atoms with E-state index in [0.29, 0.717) is 15.9 Å². The van der Waals surface area contributed by atoms with E-state index in [-0.39, 0.29) is 23.8 Å². The van der Waals surface area contributed by atoms with Crippen molar-refractivity contribution in [3.63, 3.8) is 0 Å². The van der Waals surface area contributed by atoms with E-state index in [1.807, 2.05) is 0 Å². The molecule has 0 bridgehead atoms. The Hall–Kier alpha value is -1.76. The van der Waals surface area contributed by atoms with Crippen LogP contribution in [0.2, 0.25) is 0 Å². The van der Waals surface area contributed by atoms with Crippen molar-refractivity contribution < 1.29 is 14.3 Å². The Bertz CT molecular complexity index is 523. The number of nitrogens with one attached hydrogen (secondary N) is 2. The molecule has 1 aromatic rings. The summed E-state index contributed by atoms with van der Waals surface area (Å²) in [6.07, 6.45) is 3.31. The van der Waals surface area contributed by atoms with Crippen LogP contribution in [0.15, 0.2) is 0 Å². The first-order valence-electron chi connectivity index (χ1n) is 6.66. The molecule has 6 nitrogen and oxygen atoms in total. The highest BCUT2D eigenvalue weighted by atomic mass is 32.1. The maximum atomic E-state index is 12.0. The Kier molecular flexibility index (Phi) is 4.49. The second kappa shape index (κ2) is 6.13. The number of carbonyl (C=O) groups excluding carboxylic acids is 2. The molecule has 0 spiro atoms. The third-order valence-electron chi connectivity index (χ3n) is 3.30. The molecule has 7 heteroatoms. The third kappa shape index (κ3) is 2.72. The van der Waals surface area contributed by atoms with E-state index in [9.17, 15) is 9.59 Å². The number of nitrogen functional groups attached to an aromatic ring is 1. The minimum absolute atomic E-state index is 0.189. The van der Waals surface area contributed by atoms with Crippen molar-refractivity contribution in [2.45, 2.75) is 32.2 Å². The van der Waals surface area contributed by atoms with Gasteiger partial charge in [0.25, 0.3) is 5.91 Å². The van der Waals surface area contributed by atoms with Gasteiger partial charge in [0.1, 0.15) is 15.4 Å². The first-order valence-corrected chi connectivity index (χ1v) is 7.48. The lowest BCUT2D eigenvalue weighted by atomic mass is 9.93. The van der Waals surface area contributed by atoms with Gasteiger partial charge in [0, 0.05) is 13.1 Å². The Balaban J connectivity index is 2.35. The number of thiophene rings is 1. The zero-order valence-corrected chi connectivity index (χ0v) is 12.4. The largest absolute Gasteiger partial charge is 0.462 e. The molecule has 1 heterocycles. The van der Waals surface area contributed by atoms with Crippen molar-refractivity contribution in [1.29, 1.82) is 0 Å². The van der Waals surface area contributed by atoms with E-state index in [2.05, 4.69) is 10.6 Å². The molecular weight excluding hydrogens is 278 g/mol. The van der Waals surface area contributed by atoms with Crippen LogP contribution in [0.4, 0.5) is 10.7 Å². The molecule has 0 saturated heterocycles. The average molecular weight is 297 g/mol. The van der Waals surface area contributed by atoms with Crippen LogP contribution in [-0.4, -0.2) is 31.6 Å². The maximum Gasteiger partial charge on any atom is 0.343 e. The molecule has 0 aromatic carbocycles. The first kappa shape index (κ1) is 14.6. The topological polar surface area (TPSA) is 93.4 Å². The van der Waals surface area contributed by atoms with Crippen LogP contribution < -0.4 is 16.4 Å². The highest BCUT2D eigenvalue weighted by molar-refractivity contribution is 7.19. The summed E-state index contributed by atoms with van der Waals surface area (Å²) in [5, 5.41) is 6.44. The van der Waals surface area contributed by atoms with Gasteiger partial charge in [-0.3, -0.25) is 4.79 Å². The highest BCUT2D eigenvalue weighted by Crippen LogP contribution is 2.38. The van der Waals surface area contributed by atoms with Gasteiger partial charge in [-0.25, -0.2) is 4.79 Å². The maximum absolute atomic E-state index is 12.0. The lowest BCUT2D eigenvalue weighted by Crippen LogP contribution is -2.27. The molecule has 1 saturated carbocycles. The fourth-order valence-corrected chi connectivity index (χ4v) is 3.10. The smallest absolute Gasteiger partial charge is 0.343 e. The molecule has 1 aromatic heterocycles. The number of hydrogen-bond acceptors (Lipinski definition) is 6. The number of anilines is 2. The monoisotopic (exact) mass is 297 g/mol. The Labute approximate surface area is 121 Å². The molecule has 1 aliphatic carbocycles. The SMILES string of the molecule is CCOC(=O)c1c(NC2CCC2)sc(C(=O)NC)c1N. The van der Waals surface area contributed by atoms with Gasteiger partial charge in [0.2, 0.25) is 0 Å². The predicted octanol–water partition coefficient (Wildman–Crippen LogP) is 1.83. The molecule has 1 fully saturated rings. The molecule has 1 aliphatic rings. The van der Waals surface area contributed by atoms with Gasteiger partial charge in [-0.2, -0.15) is 0 Å². The van der Waals surface area contributed by atoms with E-state index in [0.717, 1.165) is 12.8 Å². The summed E-state index contributed by atoms with van der Waals surface area (Å²) in [6, 6.07) is 0.346. The fraction of sp³-hybridized carbons (Fsp3) is 0.538. The summed E-state index contributed by atoms with van der Waals surface area (Å²) in [5.74, 6) is -0.780. The van der Waals surface area contributed by atoms with Crippen LogP contribution in [0.25, 0.3) is 0 Å². The van der Waals surface area contributed by atoms with Gasteiger partial charge in [0.15, 0.2) is 0 Å². The van der Waals surface area contributed by atoms with Crippen LogP contribution in [0.5, 0.6) is 0 Å². The number of nitrogens with two attached hydrogens (primary N) is 1. The predicted molar refractivity (Wildman–Crippen MR) is 79.3 cm³/mol. The van der Waals surface area contributed by atoms with Crippen molar-refractivity contribution in [2.75, 3.05) is 24.7 Å². The second-order valence-electron chi connectivity index (χ2n) is 4.62. The Morgan fingerprint density at radius 1 is 1.45 bits per heavy atom. The number of amides is 1. The molecular formula is C13H19N3O3S. The zero-order valence-electron chi connectivity index (χ0n) is 11.6. The van der Waals surface area contributed by atoms with E-state index in [1.54, 1.807) is 6.92 Å². The van der Waals surface area contributed by atoms with E-state index < -0.39 is 5.97 Å². The van der Waals surface area contributed by atoms with E-state index >= 15 is 0 Å². The summed E-state index contributed by atoms with van der Waals surface area (Å²) in [4.78, 5) is 24.2. The lowest BCUT2D eigenvalue weighted by Gasteiger charge is -2.27. The number of carbonyl (C=O) groups is 2. The number of hydrogen-bond donors (Lipinski definition) is 3. The van der Waals surface area contributed by atoms with Crippen LogP contribution >= 0.6 is 11.3 Å². The van der Waals surface area contributed by atoms with Crippen LogP contribution in [0.3, 0.4) is 0 Å². The lowest BCUT2D eigenvalue weighted by molar-refractivity contribution is 0.0529. The van der Waals surface area contributed by atoms with Gasteiger partial charge < -0.3 is 21.1 Å². The molecule has 0 unspecified atom stereocenters. The van der Waals surface area contributed by atoms with Crippen molar-refractivity contribution in [2.24, 2.45) is 0 Å². The molecule has 0 aliphatic heterocycles. The highest BCUT2D eigenvalue weighted by Gasteiger charge is 2.28. The molecule has 110 valence electrons. The Morgan fingerprint density at radius 2 is 2.15 bits per heavy atom. The minimum atomic E-state index is -0.488. The van der Waals surface area contributed by atoms with Crippen molar-refractivity contribution in [3.8, 4) is 0 Å². The quantitative estimate of drug-likeness (QED) is 0.721. The molecule has 2 rings (SSSR count). The van der Waals surface area contributed by atoms with Crippen molar-refractivity contribution in [1.82, 2.24) is 5.32 Å². The zero-order chi connectivity index (χ0) is 14.7. The molecule has 4 N–H and O–H groups in total. The van der Waals surface area contributed by atoms with E-state index in [1.165, 1.54) is 24.8 Å².